The van der Waals surface area contributed by atoms with Gasteiger partial charge in [0.25, 0.3) is 5.91 Å². The third kappa shape index (κ3) is 2.52. The van der Waals surface area contributed by atoms with Gasteiger partial charge in [-0.3, -0.25) is 9.59 Å². The number of ether oxygens (including phenoxy) is 2. The van der Waals surface area contributed by atoms with Crippen LogP contribution < -0.4 is 0 Å². The van der Waals surface area contributed by atoms with Crippen LogP contribution in [-0.2, 0) is 20.0 Å². The monoisotopic (exact) mass is 471 g/mol. The summed E-state index contributed by atoms with van der Waals surface area (Å²) in [4.78, 5) is 27.0. The first-order chi connectivity index (χ1) is 13.9. The molecule has 9 heteroatoms. The van der Waals surface area contributed by atoms with Crippen molar-refractivity contribution in [1.82, 2.24) is 4.90 Å². The van der Waals surface area contributed by atoms with E-state index in [0.717, 1.165) is 5.56 Å². The molecule has 0 radical (unpaired) electrons. The number of esters is 1. The fourth-order valence-corrected chi connectivity index (χ4v) is 5.61. The van der Waals surface area contributed by atoms with Crippen molar-refractivity contribution in [3.8, 4) is 0 Å². The van der Waals surface area contributed by atoms with Crippen molar-refractivity contribution in [2.45, 2.75) is 24.2 Å². The first-order valence-corrected chi connectivity index (χ1v) is 10.5. The zero-order chi connectivity index (χ0) is 20.5. The number of rotatable bonds is 1. The zero-order valence-corrected chi connectivity index (χ0v) is 17.8. The summed E-state index contributed by atoms with van der Waals surface area (Å²) in [6.45, 7) is 0.161. The number of halogens is 4. The molecule has 1 amide bonds. The van der Waals surface area contributed by atoms with Crippen LogP contribution in [0.3, 0.4) is 0 Å². The van der Waals surface area contributed by atoms with Crippen molar-refractivity contribution >= 4 is 58.3 Å². The molecule has 150 valence electrons. The Morgan fingerprint density at radius 1 is 0.966 bits per heavy atom. The van der Waals surface area contributed by atoms with Crippen molar-refractivity contribution in [1.29, 1.82) is 0 Å². The van der Waals surface area contributed by atoms with Crippen molar-refractivity contribution in [2.24, 2.45) is 0 Å². The van der Waals surface area contributed by atoms with Crippen molar-refractivity contribution < 1.29 is 19.1 Å². The molecule has 6 rings (SSSR count). The summed E-state index contributed by atoms with van der Waals surface area (Å²) in [6, 6.07) is 9.57. The average molecular weight is 473 g/mol. The quantitative estimate of drug-likeness (QED) is 0.331. The number of carbonyl (C=O) groups excluding carboxylic acids is 2. The summed E-state index contributed by atoms with van der Waals surface area (Å²) in [6.07, 6.45) is -0.430. The van der Waals surface area contributed by atoms with E-state index in [4.69, 9.17) is 55.9 Å². The zero-order valence-electron chi connectivity index (χ0n) is 14.8. The molecule has 0 saturated carbocycles. The molecule has 1 spiro atoms. The Morgan fingerprint density at radius 2 is 1.66 bits per heavy atom. The van der Waals surface area contributed by atoms with Crippen LogP contribution in [0.1, 0.15) is 33.8 Å². The lowest BCUT2D eigenvalue weighted by Crippen LogP contribution is -2.64. The molecule has 3 fully saturated rings. The van der Waals surface area contributed by atoms with E-state index >= 15 is 0 Å². The minimum Gasteiger partial charge on any atom is -0.463 e. The standard InChI is InChI=1S/C20H13Cl4NO4/c21-15-12-14(16(22)18(24)17(15)23)20-13(9-4-2-1-3-5-9)10(29-20)8-28-11(26)6-7-25(20)19(12)27/h1-5,10,13H,6-8H2/t10-,13-,20?/m0/s1. The molecule has 3 saturated heterocycles. The molecule has 4 aliphatic heterocycles. The van der Waals surface area contributed by atoms with Crippen molar-refractivity contribution in [3.05, 3.63) is 67.1 Å². The van der Waals surface area contributed by atoms with E-state index < -0.39 is 23.7 Å². The van der Waals surface area contributed by atoms with E-state index in [0.29, 0.717) is 5.56 Å². The predicted octanol–water partition coefficient (Wildman–Crippen LogP) is 5.04. The number of benzene rings is 2. The van der Waals surface area contributed by atoms with Crippen molar-refractivity contribution in [3.63, 3.8) is 0 Å². The third-order valence-corrected chi connectivity index (χ3v) is 7.52. The average Bonchev–Trinajstić information content (AvgIpc) is 3.02. The number of carbonyl (C=O) groups is 2. The Bertz CT molecular complexity index is 1060. The van der Waals surface area contributed by atoms with E-state index in [1.807, 2.05) is 30.3 Å². The fourth-order valence-electron chi connectivity index (χ4n) is 4.54. The summed E-state index contributed by atoms with van der Waals surface area (Å²) < 4.78 is 11.6. The Balaban J connectivity index is 1.80. The van der Waals surface area contributed by atoms with Gasteiger partial charge in [-0.15, -0.1) is 0 Å². The predicted molar refractivity (Wildman–Crippen MR) is 109 cm³/mol. The van der Waals surface area contributed by atoms with Crippen molar-refractivity contribution in [2.75, 3.05) is 13.2 Å². The number of amides is 1. The van der Waals surface area contributed by atoms with Gasteiger partial charge in [-0.1, -0.05) is 76.7 Å². The van der Waals surface area contributed by atoms with Gasteiger partial charge in [-0.2, -0.15) is 0 Å². The number of fused-ring (bicyclic) bond motifs is 5. The molecule has 5 nitrogen and oxygen atoms in total. The smallest absolute Gasteiger partial charge is 0.307 e. The van der Waals surface area contributed by atoms with Gasteiger partial charge in [0.2, 0.25) is 0 Å². The van der Waals surface area contributed by atoms with Gasteiger partial charge < -0.3 is 14.4 Å². The fraction of sp³-hybridized carbons (Fsp3) is 0.300. The summed E-state index contributed by atoms with van der Waals surface area (Å²) in [7, 11) is 0. The van der Waals surface area contributed by atoms with Crippen LogP contribution in [0, 0.1) is 0 Å². The van der Waals surface area contributed by atoms with Gasteiger partial charge in [0.15, 0.2) is 5.72 Å². The minimum absolute atomic E-state index is 0.0149. The second-order valence-electron chi connectivity index (χ2n) is 7.14. The molecule has 29 heavy (non-hydrogen) atoms. The summed E-state index contributed by atoms with van der Waals surface area (Å²) in [5.74, 6) is -1.13. The van der Waals surface area contributed by atoms with Gasteiger partial charge in [0.05, 0.1) is 38.0 Å². The Labute approximate surface area is 186 Å². The molecule has 2 aromatic rings. The van der Waals surface area contributed by atoms with Gasteiger partial charge in [-0.05, 0) is 5.56 Å². The molecule has 3 atom stereocenters. The maximum atomic E-state index is 13.4. The Hall–Kier alpha value is -1.50. The van der Waals surface area contributed by atoms with Gasteiger partial charge in [-0.25, -0.2) is 0 Å². The van der Waals surface area contributed by atoms with Crippen LogP contribution in [0.25, 0.3) is 0 Å². The van der Waals surface area contributed by atoms with Crippen LogP contribution in [-0.4, -0.2) is 36.0 Å². The molecule has 2 aromatic carbocycles. The molecule has 0 aliphatic carbocycles. The minimum atomic E-state index is -1.23. The molecule has 4 heterocycles. The molecule has 2 bridgehead atoms. The summed E-state index contributed by atoms with van der Waals surface area (Å²) in [5.41, 5.74) is 0.245. The Kier molecular flexibility index (Phi) is 4.53. The largest absolute Gasteiger partial charge is 0.463 e. The van der Waals surface area contributed by atoms with E-state index in [9.17, 15) is 9.59 Å². The summed E-state index contributed by atoms with van der Waals surface area (Å²) >= 11 is 25.6. The van der Waals surface area contributed by atoms with Crippen LogP contribution in [0.2, 0.25) is 20.1 Å². The Morgan fingerprint density at radius 3 is 2.38 bits per heavy atom. The highest BCUT2D eigenvalue weighted by atomic mass is 35.5. The van der Waals surface area contributed by atoms with Crippen LogP contribution in [0.15, 0.2) is 30.3 Å². The van der Waals surface area contributed by atoms with E-state index in [1.165, 1.54) is 4.90 Å². The lowest BCUT2D eigenvalue weighted by Gasteiger charge is -2.56. The van der Waals surface area contributed by atoms with Crippen LogP contribution in [0.4, 0.5) is 0 Å². The van der Waals surface area contributed by atoms with Gasteiger partial charge in [0.1, 0.15) is 12.7 Å². The number of nitrogens with zero attached hydrogens (tertiary/aromatic N) is 1. The SMILES string of the molecule is O=C1CCN2C(=O)c3c(Cl)c(Cl)c(Cl)c(Cl)c3C23O[C@@H](CO1)[C@@H]3c1ccccc1. The van der Waals surface area contributed by atoms with Crippen LogP contribution in [0.5, 0.6) is 0 Å². The third-order valence-electron chi connectivity index (χ3n) is 5.72. The maximum Gasteiger partial charge on any atom is 0.307 e. The topological polar surface area (TPSA) is 55.8 Å². The van der Waals surface area contributed by atoms with Gasteiger partial charge in [0, 0.05) is 12.1 Å². The molecule has 0 aromatic heterocycles. The first-order valence-electron chi connectivity index (χ1n) is 8.94. The van der Waals surface area contributed by atoms with Crippen LogP contribution >= 0.6 is 46.4 Å². The maximum absolute atomic E-state index is 13.4. The number of hydrogen-bond acceptors (Lipinski definition) is 4. The molecular formula is C20H13Cl4NO4. The van der Waals surface area contributed by atoms with E-state index in [-0.39, 0.29) is 51.1 Å². The summed E-state index contributed by atoms with van der Waals surface area (Å²) in [5, 5.41) is 0.229. The number of hydrogen-bond donors (Lipinski definition) is 0. The van der Waals surface area contributed by atoms with E-state index in [1.54, 1.807) is 0 Å². The van der Waals surface area contributed by atoms with E-state index in [2.05, 4.69) is 0 Å². The normalized spacial score (nSPS) is 27.9. The second-order valence-corrected chi connectivity index (χ2v) is 8.65. The highest BCUT2D eigenvalue weighted by molar-refractivity contribution is 6.53. The molecule has 4 aliphatic rings. The van der Waals surface area contributed by atoms with Gasteiger partial charge >= 0.3 is 5.97 Å². The first kappa shape index (κ1) is 19.5. The molecular weight excluding hydrogens is 460 g/mol. The highest BCUT2D eigenvalue weighted by Crippen LogP contribution is 2.63. The lowest BCUT2D eigenvalue weighted by atomic mass is 9.74. The lowest BCUT2D eigenvalue weighted by molar-refractivity contribution is -0.297. The second kappa shape index (κ2) is 6.76. The molecule has 0 N–H and O–H groups in total. The molecule has 1 unspecified atom stereocenters. The highest BCUT2D eigenvalue weighted by Gasteiger charge is 2.68.